The van der Waals surface area contributed by atoms with Crippen molar-refractivity contribution in [1.29, 1.82) is 0 Å². The van der Waals surface area contributed by atoms with Crippen LogP contribution in [0.25, 0.3) is 121 Å². The Morgan fingerprint density at radius 1 is 0.258 bits per heavy atom. The van der Waals surface area contributed by atoms with Crippen molar-refractivity contribution in [3.8, 4) is 45.5 Å². The van der Waals surface area contributed by atoms with Gasteiger partial charge in [0.1, 0.15) is 0 Å². The summed E-state index contributed by atoms with van der Waals surface area (Å²) in [5.74, 6) is 1.82. The molecule has 13 rings (SSSR count). The van der Waals surface area contributed by atoms with Crippen LogP contribution in [-0.4, -0.2) is 24.1 Å². The van der Waals surface area contributed by atoms with Crippen LogP contribution in [0.5, 0.6) is 0 Å². The van der Waals surface area contributed by atoms with Gasteiger partial charge in [0.05, 0.1) is 27.8 Å². The molecule has 10 aromatic carbocycles. The van der Waals surface area contributed by atoms with Crippen LogP contribution in [0, 0.1) is 0 Å². The van der Waals surface area contributed by atoms with Crippen LogP contribution in [-0.2, 0) is 0 Å². The van der Waals surface area contributed by atoms with Crippen molar-refractivity contribution in [1.82, 2.24) is 24.1 Å². The van der Waals surface area contributed by atoms with E-state index in [0.717, 1.165) is 55.2 Å². The molecular weight excluding hydrogens is 755 g/mol. The Morgan fingerprint density at radius 3 is 1.31 bits per heavy atom. The fourth-order valence-corrected chi connectivity index (χ4v) is 9.79. The molecule has 3 heterocycles. The third kappa shape index (κ3) is 5.18. The van der Waals surface area contributed by atoms with Crippen LogP contribution in [0.1, 0.15) is 0 Å². The van der Waals surface area contributed by atoms with Crippen LogP contribution in [0.4, 0.5) is 0 Å². The highest BCUT2D eigenvalue weighted by atomic mass is 15.2. The van der Waals surface area contributed by atoms with Gasteiger partial charge in [-0.05, 0) is 74.3 Å². The van der Waals surface area contributed by atoms with Gasteiger partial charge in [0.15, 0.2) is 11.6 Å². The van der Waals surface area contributed by atoms with E-state index >= 15 is 0 Å². The van der Waals surface area contributed by atoms with Gasteiger partial charge >= 0.3 is 0 Å². The quantitative estimate of drug-likeness (QED) is 0.163. The molecule has 0 unspecified atom stereocenters. The molecule has 0 N–H and O–H groups in total. The van der Waals surface area contributed by atoms with Crippen LogP contribution >= 0.6 is 0 Å². The van der Waals surface area contributed by atoms with E-state index in [2.05, 4.69) is 185 Å². The van der Waals surface area contributed by atoms with Gasteiger partial charge in [0, 0.05) is 38.2 Å². The van der Waals surface area contributed by atoms with E-state index in [0.29, 0.717) is 17.6 Å². The Kier molecular flexibility index (Phi) is 7.54. The van der Waals surface area contributed by atoms with Gasteiger partial charge in [-0.1, -0.05) is 176 Å². The van der Waals surface area contributed by atoms with E-state index in [9.17, 15) is 0 Å². The average Bonchev–Trinajstić information content (AvgIpc) is 3.85. The molecule has 5 heteroatoms. The lowest BCUT2D eigenvalue weighted by Crippen LogP contribution is -2.06. The molecule has 288 valence electrons. The topological polar surface area (TPSA) is 48.5 Å². The Bertz CT molecular complexity index is 3830. The lowest BCUT2D eigenvalue weighted by Gasteiger charge is -2.16. The van der Waals surface area contributed by atoms with Crippen molar-refractivity contribution in [2.24, 2.45) is 0 Å². The molecule has 0 spiro atoms. The van der Waals surface area contributed by atoms with Crippen molar-refractivity contribution >= 4 is 75.9 Å². The monoisotopic (exact) mass is 789 g/mol. The summed E-state index contributed by atoms with van der Waals surface area (Å²) < 4.78 is 4.67. The zero-order valence-electron chi connectivity index (χ0n) is 33.4. The summed E-state index contributed by atoms with van der Waals surface area (Å²) in [6.45, 7) is 0. The van der Waals surface area contributed by atoms with Crippen molar-refractivity contribution in [2.75, 3.05) is 0 Å². The molecule has 0 aliphatic rings. The standard InChI is InChI=1S/C57H35N5/c1-3-17-36(18-4-1)55-58-56(37-19-5-2-6-20-37)60-57(59-55)62-52-30-16-13-27-46(52)49-34-48-45-26-12-15-29-51(45)61(53(48)35-54(49)62)50-28-14-11-21-39(50)38-31-32-44-42-24-8-7-22-40(42)41-23-9-10-25-43(41)47(44)33-38/h1-35H. The zero-order chi connectivity index (χ0) is 40.7. The predicted molar refractivity (Wildman–Crippen MR) is 257 cm³/mol. The van der Waals surface area contributed by atoms with E-state index in [1.165, 1.54) is 48.7 Å². The molecule has 0 bridgehead atoms. The van der Waals surface area contributed by atoms with E-state index in [1.807, 2.05) is 36.4 Å². The SMILES string of the molecule is c1ccc(-c2nc(-c3ccccc3)nc(-n3c4ccccc4c4cc5c6ccccc6n(-c6ccccc6-c6ccc7c8ccccc8c8ccccc8c7c6)c5cc43)n2)cc1. The maximum absolute atomic E-state index is 5.23. The first-order valence-corrected chi connectivity index (χ1v) is 21.0. The van der Waals surface area contributed by atoms with Gasteiger partial charge in [-0.15, -0.1) is 0 Å². The molecule has 0 amide bonds. The van der Waals surface area contributed by atoms with Gasteiger partial charge in [0.25, 0.3) is 0 Å². The van der Waals surface area contributed by atoms with Gasteiger partial charge < -0.3 is 4.57 Å². The number of hydrogen-bond donors (Lipinski definition) is 0. The third-order valence-electron chi connectivity index (χ3n) is 12.6. The lowest BCUT2D eigenvalue weighted by molar-refractivity contribution is 0.953. The molecular formula is C57H35N5. The third-order valence-corrected chi connectivity index (χ3v) is 12.6. The highest BCUT2D eigenvalue weighted by Crippen LogP contribution is 2.43. The number of nitrogens with zero attached hydrogens (tertiary/aromatic N) is 5. The maximum Gasteiger partial charge on any atom is 0.238 e. The van der Waals surface area contributed by atoms with E-state index in [1.54, 1.807) is 0 Å². The van der Waals surface area contributed by atoms with Crippen molar-refractivity contribution in [3.05, 3.63) is 212 Å². The van der Waals surface area contributed by atoms with Gasteiger partial charge in [0.2, 0.25) is 5.95 Å². The predicted octanol–water partition coefficient (Wildman–Crippen LogP) is 14.5. The molecule has 0 atom stereocenters. The van der Waals surface area contributed by atoms with Crippen LogP contribution in [0.3, 0.4) is 0 Å². The molecule has 3 aromatic heterocycles. The van der Waals surface area contributed by atoms with Crippen LogP contribution in [0.15, 0.2) is 212 Å². The first-order valence-electron chi connectivity index (χ1n) is 21.0. The highest BCUT2D eigenvalue weighted by molar-refractivity contribution is 6.26. The van der Waals surface area contributed by atoms with Crippen LogP contribution in [0.2, 0.25) is 0 Å². The number of aromatic nitrogens is 5. The summed E-state index contributed by atoms with van der Waals surface area (Å²) in [4.78, 5) is 15.5. The molecule has 0 fully saturated rings. The van der Waals surface area contributed by atoms with E-state index < -0.39 is 0 Å². The smallest absolute Gasteiger partial charge is 0.238 e. The van der Waals surface area contributed by atoms with Crippen molar-refractivity contribution in [2.45, 2.75) is 0 Å². The summed E-state index contributed by atoms with van der Waals surface area (Å²) in [6.07, 6.45) is 0. The highest BCUT2D eigenvalue weighted by Gasteiger charge is 2.22. The Labute approximate surface area is 356 Å². The van der Waals surface area contributed by atoms with Crippen LogP contribution < -0.4 is 0 Å². The van der Waals surface area contributed by atoms with E-state index in [4.69, 9.17) is 15.0 Å². The normalized spacial score (nSPS) is 11.9. The fraction of sp³-hybridized carbons (Fsp3) is 0. The van der Waals surface area contributed by atoms with Gasteiger partial charge in [-0.3, -0.25) is 4.57 Å². The second-order valence-electron chi connectivity index (χ2n) is 16.0. The summed E-state index contributed by atoms with van der Waals surface area (Å²) in [6, 6.07) is 75.8. The number of para-hydroxylation sites is 3. The summed E-state index contributed by atoms with van der Waals surface area (Å²) in [5, 5.41) is 12.3. The zero-order valence-corrected chi connectivity index (χ0v) is 33.4. The minimum absolute atomic E-state index is 0.572. The Morgan fingerprint density at radius 2 is 0.710 bits per heavy atom. The summed E-state index contributed by atoms with van der Waals surface area (Å²) >= 11 is 0. The molecule has 0 radical (unpaired) electrons. The molecule has 0 saturated heterocycles. The van der Waals surface area contributed by atoms with Crippen molar-refractivity contribution in [3.63, 3.8) is 0 Å². The first-order chi connectivity index (χ1) is 30.8. The second-order valence-corrected chi connectivity index (χ2v) is 16.0. The molecule has 5 nitrogen and oxygen atoms in total. The maximum atomic E-state index is 5.23. The largest absolute Gasteiger partial charge is 0.309 e. The Balaban J connectivity index is 1.09. The minimum Gasteiger partial charge on any atom is -0.309 e. The van der Waals surface area contributed by atoms with Gasteiger partial charge in [-0.25, -0.2) is 4.98 Å². The number of fused-ring (bicyclic) bond motifs is 12. The minimum atomic E-state index is 0.572. The number of rotatable bonds is 5. The lowest BCUT2D eigenvalue weighted by atomic mass is 9.92. The summed E-state index contributed by atoms with van der Waals surface area (Å²) in [7, 11) is 0. The van der Waals surface area contributed by atoms with Gasteiger partial charge in [-0.2, -0.15) is 9.97 Å². The molecule has 0 aliphatic carbocycles. The molecule has 62 heavy (non-hydrogen) atoms. The van der Waals surface area contributed by atoms with Crippen molar-refractivity contribution < 1.29 is 0 Å². The molecule has 0 saturated carbocycles. The summed E-state index contributed by atoms with van der Waals surface area (Å²) in [5.41, 5.74) is 9.62. The molecule has 0 aliphatic heterocycles. The second kappa shape index (κ2) is 13.6. The fourth-order valence-electron chi connectivity index (χ4n) is 9.79. The molecule has 13 aromatic rings. The first kappa shape index (κ1) is 34.5. The number of hydrogen-bond acceptors (Lipinski definition) is 3. The Hall–Kier alpha value is -8.41. The average molecular weight is 790 g/mol. The number of benzene rings is 10. The van der Waals surface area contributed by atoms with E-state index in [-0.39, 0.29) is 0 Å².